The van der Waals surface area contributed by atoms with E-state index in [1.54, 1.807) is 0 Å². The molecule has 4 heteroatoms. The predicted octanol–water partition coefficient (Wildman–Crippen LogP) is -1.54. The van der Waals surface area contributed by atoms with Gasteiger partial charge in [0.25, 0.3) is 0 Å². The molecule has 1 aliphatic rings. The standard InChI is InChI=1S/C6H12N2O2/c9-4-6(10)8-5-1-2-7-3-5/h5,7,9H,1-4H2,(H,8,10). The maximum absolute atomic E-state index is 10.6. The van der Waals surface area contributed by atoms with Gasteiger partial charge in [-0.05, 0) is 13.0 Å². The Morgan fingerprint density at radius 1 is 1.80 bits per heavy atom. The van der Waals surface area contributed by atoms with Gasteiger partial charge in [0.1, 0.15) is 6.61 Å². The number of hydrogen-bond acceptors (Lipinski definition) is 3. The zero-order valence-corrected chi connectivity index (χ0v) is 5.76. The molecule has 0 saturated carbocycles. The van der Waals surface area contributed by atoms with Crippen LogP contribution >= 0.6 is 0 Å². The predicted molar refractivity (Wildman–Crippen MR) is 36.5 cm³/mol. The van der Waals surface area contributed by atoms with Crippen molar-refractivity contribution in [2.24, 2.45) is 0 Å². The molecular formula is C6H12N2O2. The van der Waals surface area contributed by atoms with E-state index in [4.69, 9.17) is 5.11 Å². The van der Waals surface area contributed by atoms with Crippen molar-refractivity contribution in [1.29, 1.82) is 0 Å². The van der Waals surface area contributed by atoms with E-state index in [2.05, 4.69) is 10.6 Å². The molecule has 1 atom stereocenters. The molecule has 0 aromatic carbocycles. The van der Waals surface area contributed by atoms with Crippen LogP contribution in [0.3, 0.4) is 0 Å². The molecule has 1 heterocycles. The lowest BCUT2D eigenvalue weighted by molar-refractivity contribution is -0.124. The molecule has 1 fully saturated rings. The third-order valence-corrected chi connectivity index (χ3v) is 1.57. The lowest BCUT2D eigenvalue weighted by Gasteiger charge is -2.08. The second kappa shape index (κ2) is 3.53. The summed E-state index contributed by atoms with van der Waals surface area (Å²) in [7, 11) is 0. The minimum absolute atomic E-state index is 0.222. The van der Waals surface area contributed by atoms with Gasteiger partial charge >= 0.3 is 0 Å². The van der Waals surface area contributed by atoms with Crippen LogP contribution in [0.4, 0.5) is 0 Å². The molecule has 0 bridgehead atoms. The first kappa shape index (κ1) is 7.50. The van der Waals surface area contributed by atoms with E-state index >= 15 is 0 Å². The molecule has 0 aromatic rings. The van der Waals surface area contributed by atoms with Crippen molar-refractivity contribution in [2.75, 3.05) is 19.7 Å². The average molecular weight is 144 g/mol. The number of amides is 1. The lowest BCUT2D eigenvalue weighted by atomic mass is 10.2. The van der Waals surface area contributed by atoms with E-state index in [1.807, 2.05) is 0 Å². The molecule has 1 amide bonds. The minimum atomic E-state index is -0.406. The average Bonchev–Trinajstić information content (AvgIpc) is 2.40. The maximum Gasteiger partial charge on any atom is 0.245 e. The van der Waals surface area contributed by atoms with Gasteiger partial charge in [-0.3, -0.25) is 4.79 Å². The summed E-state index contributed by atoms with van der Waals surface area (Å²) in [6.07, 6.45) is 0.964. The van der Waals surface area contributed by atoms with Gasteiger partial charge in [-0.2, -0.15) is 0 Å². The Labute approximate surface area is 59.6 Å². The van der Waals surface area contributed by atoms with Crippen LogP contribution in [0.5, 0.6) is 0 Å². The smallest absolute Gasteiger partial charge is 0.245 e. The van der Waals surface area contributed by atoms with Gasteiger partial charge in [0, 0.05) is 12.6 Å². The quantitative estimate of drug-likeness (QED) is 0.440. The van der Waals surface area contributed by atoms with Crippen LogP contribution in [0.1, 0.15) is 6.42 Å². The molecule has 0 radical (unpaired) electrons. The van der Waals surface area contributed by atoms with Crippen molar-refractivity contribution >= 4 is 5.91 Å². The Morgan fingerprint density at radius 2 is 2.60 bits per heavy atom. The highest BCUT2D eigenvalue weighted by Crippen LogP contribution is 1.95. The van der Waals surface area contributed by atoms with Crippen molar-refractivity contribution in [1.82, 2.24) is 10.6 Å². The zero-order valence-electron chi connectivity index (χ0n) is 5.76. The number of aliphatic hydroxyl groups excluding tert-OH is 1. The van der Waals surface area contributed by atoms with Gasteiger partial charge in [0.05, 0.1) is 0 Å². The third kappa shape index (κ3) is 1.97. The Hall–Kier alpha value is -0.610. The van der Waals surface area contributed by atoms with Gasteiger partial charge in [-0.25, -0.2) is 0 Å². The van der Waals surface area contributed by atoms with Crippen molar-refractivity contribution in [3.05, 3.63) is 0 Å². The van der Waals surface area contributed by atoms with Crippen molar-refractivity contribution in [2.45, 2.75) is 12.5 Å². The van der Waals surface area contributed by atoms with E-state index < -0.39 is 6.61 Å². The lowest BCUT2D eigenvalue weighted by Crippen LogP contribution is -2.37. The van der Waals surface area contributed by atoms with Gasteiger partial charge in [0.15, 0.2) is 0 Å². The molecule has 58 valence electrons. The second-order valence-corrected chi connectivity index (χ2v) is 2.42. The molecule has 3 N–H and O–H groups in total. The highest BCUT2D eigenvalue weighted by atomic mass is 16.3. The highest BCUT2D eigenvalue weighted by molar-refractivity contribution is 5.77. The number of nitrogens with one attached hydrogen (secondary N) is 2. The first-order valence-corrected chi connectivity index (χ1v) is 3.44. The Balaban J connectivity index is 2.17. The molecule has 10 heavy (non-hydrogen) atoms. The van der Waals surface area contributed by atoms with E-state index in [0.717, 1.165) is 19.5 Å². The SMILES string of the molecule is O=C(CO)NC1CCNC1. The van der Waals surface area contributed by atoms with Crippen molar-refractivity contribution in [3.63, 3.8) is 0 Å². The Kier molecular flexibility index (Phi) is 2.65. The first-order chi connectivity index (χ1) is 4.83. The van der Waals surface area contributed by atoms with Crippen molar-refractivity contribution in [3.8, 4) is 0 Å². The van der Waals surface area contributed by atoms with Crippen LogP contribution in [0.15, 0.2) is 0 Å². The fourth-order valence-electron chi connectivity index (χ4n) is 1.05. The van der Waals surface area contributed by atoms with Gasteiger partial charge in [0.2, 0.25) is 5.91 Å². The summed E-state index contributed by atoms with van der Waals surface area (Å²) in [4.78, 5) is 10.6. The van der Waals surface area contributed by atoms with E-state index in [0.29, 0.717) is 0 Å². The van der Waals surface area contributed by atoms with Gasteiger partial charge in [-0.15, -0.1) is 0 Å². The second-order valence-electron chi connectivity index (χ2n) is 2.42. The van der Waals surface area contributed by atoms with Crippen LogP contribution in [0.25, 0.3) is 0 Å². The molecule has 0 spiro atoms. The van der Waals surface area contributed by atoms with Crippen LogP contribution in [0, 0.1) is 0 Å². The van der Waals surface area contributed by atoms with Crippen LogP contribution < -0.4 is 10.6 Å². The zero-order chi connectivity index (χ0) is 7.40. The summed E-state index contributed by atoms with van der Waals surface area (Å²) in [6, 6.07) is 0.222. The number of carbonyl (C=O) groups excluding carboxylic acids is 1. The number of carbonyl (C=O) groups is 1. The maximum atomic E-state index is 10.6. The van der Waals surface area contributed by atoms with E-state index in [-0.39, 0.29) is 11.9 Å². The molecule has 0 aliphatic carbocycles. The Morgan fingerprint density at radius 3 is 3.10 bits per heavy atom. The molecule has 1 rings (SSSR count). The molecule has 4 nitrogen and oxygen atoms in total. The molecular weight excluding hydrogens is 132 g/mol. The monoisotopic (exact) mass is 144 g/mol. The first-order valence-electron chi connectivity index (χ1n) is 3.44. The fraction of sp³-hybridized carbons (Fsp3) is 0.833. The summed E-state index contributed by atoms with van der Waals surface area (Å²) >= 11 is 0. The van der Waals surface area contributed by atoms with Gasteiger partial charge in [-0.1, -0.05) is 0 Å². The van der Waals surface area contributed by atoms with Crippen LogP contribution in [-0.4, -0.2) is 36.8 Å². The number of rotatable bonds is 2. The summed E-state index contributed by atoms with van der Waals surface area (Å²) < 4.78 is 0. The normalized spacial score (nSPS) is 24.7. The van der Waals surface area contributed by atoms with Crippen molar-refractivity contribution < 1.29 is 9.90 Å². The van der Waals surface area contributed by atoms with Crippen LogP contribution in [0.2, 0.25) is 0 Å². The minimum Gasteiger partial charge on any atom is -0.387 e. The Bertz CT molecular complexity index is 121. The number of hydrogen-bond donors (Lipinski definition) is 3. The third-order valence-electron chi connectivity index (χ3n) is 1.57. The van der Waals surface area contributed by atoms with Crippen LogP contribution in [-0.2, 0) is 4.79 Å². The molecule has 1 saturated heterocycles. The van der Waals surface area contributed by atoms with E-state index in [1.165, 1.54) is 0 Å². The summed E-state index contributed by atoms with van der Waals surface area (Å²) in [6.45, 7) is 1.37. The summed E-state index contributed by atoms with van der Waals surface area (Å²) in [5.74, 6) is -0.284. The summed E-state index contributed by atoms with van der Waals surface area (Å²) in [5.41, 5.74) is 0. The topological polar surface area (TPSA) is 61.4 Å². The summed E-state index contributed by atoms with van der Waals surface area (Å²) in [5, 5.41) is 14.1. The molecule has 1 aliphatic heterocycles. The molecule has 0 aromatic heterocycles. The van der Waals surface area contributed by atoms with E-state index in [9.17, 15) is 4.79 Å². The van der Waals surface area contributed by atoms with Gasteiger partial charge < -0.3 is 15.7 Å². The molecule has 1 unspecified atom stereocenters. The number of aliphatic hydroxyl groups is 1. The largest absolute Gasteiger partial charge is 0.387 e. The highest BCUT2D eigenvalue weighted by Gasteiger charge is 2.15. The fourth-order valence-corrected chi connectivity index (χ4v) is 1.05.